The Bertz CT molecular complexity index is 343. The Morgan fingerprint density at radius 2 is 1.57 bits per heavy atom. The summed E-state index contributed by atoms with van der Waals surface area (Å²) < 4.78 is 0. The van der Waals surface area contributed by atoms with Gasteiger partial charge in [-0.05, 0) is 53.4 Å². The van der Waals surface area contributed by atoms with E-state index in [2.05, 4.69) is 43.6 Å². The summed E-state index contributed by atoms with van der Waals surface area (Å²) in [5.41, 5.74) is 0.160. The van der Waals surface area contributed by atoms with Crippen LogP contribution in [0.5, 0.6) is 0 Å². The Labute approximate surface area is 129 Å². The number of hydrogen-bond acceptors (Lipinski definition) is 3. The lowest BCUT2D eigenvalue weighted by molar-refractivity contribution is -0.121. The fraction of sp³-hybridized carbons (Fsp3) is 0.941. The molecule has 1 aliphatic carbocycles. The van der Waals surface area contributed by atoms with Crippen molar-refractivity contribution in [2.24, 2.45) is 0 Å². The summed E-state index contributed by atoms with van der Waals surface area (Å²) in [5.74, 6) is 0.152. The molecule has 2 fully saturated rings. The van der Waals surface area contributed by atoms with Crippen LogP contribution in [0.15, 0.2) is 0 Å². The highest BCUT2D eigenvalue weighted by Crippen LogP contribution is 2.28. The van der Waals surface area contributed by atoms with Gasteiger partial charge in [0, 0.05) is 23.2 Å². The molecule has 1 aliphatic heterocycles. The molecule has 0 aromatic heterocycles. The Kier molecular flexibility index (Phi) is 5.31. The van der Waals surface area contributed by atoms with E-state index < -0.39 is 0 Å². The van der Waals surface area contributed by atoms with E-state index in [1.165, 1.54) is 32.1 Å². The largest absolute Gasteiger partial charge is 0.352 e. The highest BCUT2D eigenvalue weighted by atomic mass is 16.2. The van der Waals surface area contributed by atoms with E-state index in [4.69, 9.17) is 0 Å². The lowest BCUT2D eigenvalue weighted by atomic mass is 9.79. The molecule has 3 N–H and O–H groups in total. The van der Waals surface area contributed by atoms with Crippen LogP contribution in [0.3, 0.4) is 0 Å². The molecule has 21 heavy (non-hydrogen) atoms. The summed E-state index contributed by atoms with van der Waals surface area (Å²) in [6.07, 6.45) is 8.38. The molecular weight excluding hydrogens is 262 g/mol. The van der Waals surface area contributed by atoms with E-state index in [9.17, 15) is 4.79 Å². The van der Waals surface area contributed by atoms with Crippen molar-refractivity contribution >= 4 is 5.91 Å². The average molecular weight is 295 g/mol. The second-order valence-electron chi connectivity index (χ2n) is 8.28. The Morgan fingerprint density at radius 3 is 2.14 bits per heavy atom. The molecule has 4 nitrogen and oxygen atoms in total. The van der Waals surface area contributed by atoms with E-state index in [0.717, 1.165) is 12.8 Å². The van der Waals surface area contributed by atoms with Gasteiger partial charge in [0.15, 0.2) is 0 Å². The summed E-state index contributed by atoms with van der Waals surface area (Å²) in [4.78, 5) is 12.2. The monoisotopic (exact) mass is 295 g/mol. The van der Waals surface area contributed by atoms with Gasteiger partial charge < -0.3 is 16.0 Å². The molecule has 0 bridgehead atoms. The first-order valence-corrected chi connectivity index (χ1v) is 8.58. The molecule has 1 saturated carbocycles. The molecule has 0 aromatic rings. The minimum atomic E-state index is 0.0799. The first-order valence-electron chi connectivity index (χ1n) is 8.58. The minimum Gasteiger partial charge on any atom is -0.352 e. The molecule has 0 spiro atoms. The van der Waals surface area contributed by atoms with Crippen molar-refractivity contribution in [2.75, 3.05) is 6.54 Å². The number of rotatable bonds is 4. The van der Waals surface area contributed by atoms with Gasteiger partial charge in [0.1, 0.15) is 0 Å². The van der Waals surface area contributed by atoms with Crippen molar-refractivity contribution in [1.29, 1.82) is 0 Å². The highest BCUT2D eigenvalue weighted by Gasteiger charge is 2.38. The maximum Gasteiger partial charge on any atom is 0.234 e. The molecule has 1 saturated heterocycles. The standard InChI is InChI=1S/C17H33N3O/c1-16(2)10-14(11-17(3,4)20-16)19-15(21)12-18-13-8-6-5-7-9-13/h13-14,18,20H,5-12H2,1-4H3,(H,19,21). The van der Waals surface area contributed by atoms with Gasteiger partial charge in [-0.1, -0.05) is 19.3 Å². The first kappa shape index (κ1) is 16.8. The number of hydrogen-bond donors (Lipinski definition) is 3. The number of carbonyl (C=O) groups excluding carboxylic acids is 1. The topological polar surface area (TPSA) is 53.2 Å². The maximum atomic E-state index is 12.2. The number of nitrogens with one attached hydrogen (secondary N) is 3. The van der Waals surface area contributed by atoms with E-state index in [1.807, 2.05) is 0 Å². The quantitative estimate of drug-likeness (QED) is 0.746. The normalized spacial score (nSPS) is 26.5. The fourth-order valence-corrected chi connectivity index (χ4v) is 4.25. The Hall–Kier alpha value is -0.610. The van der Waals surface area contributed by atoms with Gasteiger partial charge in [0.25, 0.3) is 0 Å². The molecule has 0 aromatic carbocycles. The van der Waals surface area contributed by atoms with Crippen LogP contribution in [0.2, 0.25) is 0 Å². The van der Waals surface area contributed by atoms with Crippen LogP contribution in [0.25, 0.3) is 0 Å². The Balaban J connectivity index is 1.76. The molecular formula is C17H33N3O. The molecule has 122 valence electrons. The van der Waals surface area contributed by atoms with Gasteiger partial charge in [-0.3, -0.25) is 4.79 Å². The third-order valence-corrected chi connectivity index (χ3v) is 4.71. The van der Waals surface area contributed by atoms with E-state index in [0.29, 0.717) is 12.6 Å². The molecule has 4 heteroatoms. The number of carbonyl (C=O) groups is 1. The maximum absolute atomic E-state index is 12.2. The smallest absolute Gasteiger partial charge is 0.234 e. The molecule has 0 atom stereocenters. The summed E-state index contributed by atoms with van der Waals surface area (Å²) >= 11 is 0. The zero-order chi connectivity index (χ0) is 15.5. The lowest BCUT2D eigenvalue weighted by Gasteiger charge is -2.46. The van der Waals surface area contributed by atoms with E-state index in [-0.39, 0.29) is 23.0 Å². The average Bonchev–Trinajstić information content (AvgIpc) is 2.33. The van der Waals surface area contributed by atoms with Crippen LogP contribution in [0, 0.1) is 0 Å². The van der Waals surface area contributed by atoms with Crippen molar-refractivity contribution in [2.45, 2.75) is 95.8 Å². The SMILES string of the molecule is CC1(C)CC(NC(=O)CNC2CCCCC2)CC(C)(C)N1. The molecule has 0 unspecified atom stereocenters. The number of piperidine rings is 1. The summed E-state index contributed by atoms with van der Waals surface area (Å²) in [7, 11) is 0. The van der Waals surface area contributed by atoms with Gasteiger partial charge in [0.2, 0.25) is 5.91 Å². The number of amides is 1. The lowest BCUT2D eigenvalue weighted by Crippen LogP contribution is -2.62. The van der Waals surface area contributed by atoms with Crippen molar-refractivity contribution in [3.8, 4) is 0 Å². The van der Waals surface area contributed by atoms with Gasteiger partial charge in [-0.15, -0.1) is 0 Å². The predicted molar refractivity (Wildman–Crippen MR) is 87.3 cm³/mol. The van der Waals surface area contributed by atoms with Crippen LogP contribution < -0.4 is 16.0 Å². The van der Waals surface area contributed by atoms with Crippen molar-refractivity contribution in [3.63, 3.8) is 0 Å². The molecule has 2 aliphatic rings. The second-order valence-corrected chi connectivity index (χ2v) is 8.28. The van der Waals surface area contributed by atoms with Gasteiger partial charge in [-0.25, -0.2) is 0 Å². The molecule has 1 heterocycles. The summed E-state index contributed by atoms with van der Waals surface area (Å²) in [5, 5.41) is 10.3. The second kappa shape index (κ2) is 6.66. The Morgan fingerprint density at radius 1 is 1.00 bits per heavy atom. The predicted octanol–water partition coefficient (Wildman–Crippen LogP) is 2.33. The van der Waals surface area contributed by atoms with E-state index in [1.54, 1.807) is 0 Å². The molecule has 2 rings (SSSR count). The van der Waals surface area contributed by atoms with E-state index >= 15 is 0 Å². The summed E-state index contributed by atoms with van der Waals surface area (Å²) in [6, 6.07) is 0.822. The zero-order valence-electron chi connectivity index (χ0n) is 14.2. The van der Waals surface area contributed by atoms with Crippen molar-refractivity contribution in [3.05, 3.63) is 0 Å². The molecule has 1 amide bonds. The summed E-state index contributed by atoms with van der Waals surface area (Å²) in [6.45, 7) is 9.33. The first-order chi connectivity index (χ1) is 9.76. The highest BCUT2D eigenvalue weighted by molar-refractivity contribution is 5.78. The van der Waals surface area contributed by atoms with Crippen molar-refractivity contribution < 1.29 is 4.79 Å². The van der Waals surface area contributed by atoms with Crippen LogP contribution in [0.4, 0.5) is 0 Å². The van der Waals surface area contributed by atoms with Crippen molar-refractivity contribution in [1.82, 2.24) is 16.0 Å². The zero-order valence-corrected chi connectivity index (χ0v) is 14.2. The van der Waals surface area contributed by atoms with Gasteiger partial charge >= 0.3 is 0 Å². The third kappa shape index (κ3) is 5.59. The van der Waals surface area contributed by atoms with Crippen LogP contribution in [-0.2, 0) is 4.79 Å². The molecule has 0 radical (unpaired) electrons. The van der Waals surface area contributed by atoms with Crippen LogP contribution in [-0.4, -0.2) is 35.6 Å². The van der Waals surface area contributed by atoms with Crippen LogP contribution >= 0.6 is 0 Å². The van der Waals surface area contributed by atoms with Gasteiger partial charge in [-0.2, -0.15) is 0 Å². The van der Waals surface area contributed by atoms with Crippen LogP contribution in [0.1, 0.15) is 72.6 Å². The fourth-order valence-electron chi connectivity index (χ4n) is 4.25. The minimum absolute atomic E-state index is 0.0799. The third-order valence-electron chi connectivity index (χ3n) is 4.71. The van der Waals surface area contributed by atoms with Gasteiger partial charge in [0.05, 0.1) is 6.54 Å².